The first-order valence-corrected chi connectivity index (χ1v) is 5.24. The van der Waals surface area contributed by atoms with Crippen molar-refractivity contribution < 1.29 is 4.79 Å². The van der Waals surface area contributed by atoms with Gasteiger partial charge in [-0.25, -0.2) is 0 Å². The minimum absolute atomic E-state index is 0.125. The predicted molar refractivity (Wildman–Crippen MR) is 55.6 cm³/mol. The zero-order chi connectivity index (χ0) is 9.42. The number of carbonyl (C=O) groups is 1. The number of fused-ring (bicyclic) bond motifs is 1. The number of hydrogen-bond acceptors (Lipinski definition) is 2. The Bertz CT molecular complexity index is 367. The summed E-state index contributed by atoms with van der Waals surface area (Å²) in [6.45, 7) is 0. The van der Waals surface area contributed by atoms with Crippen LogP contribution in [0, 0.1) is 0 Å². The highest BCUT2D eigenvalue weighted by molar-refractivity contribution is 8.00. The van der Waals surface area contributed by atoms with E-state index in [9.17, 15) is 4.79 Å². The van der Waals surface area contributed by atoms with Crippen molar-refractivity contribution >= 4 is 35.0 Å². The van der Waals surface area contributed by atoms with E-state index in [2.05, 4.69) is 0 Å². The molecule has 2 rings (SSSR count). The maximum atomic E-state index is 11.3. The van der Waals surface area contributed by atoms with Gasteiger partial charge in [-0.3, -0.25) is 4.79 Å². The molecule has 1 heterocycles. The van der Waals surface area contributed by atoms with Crippen LogP contribution in [0.15, 0.2) is 23.1 Å². The topological polar surface area (TPSA) is 20.3 Å². The molecule has 0 N–H and O–H groups in total. The Hall–Kier alpha value is -0.670. The normalized spacial score (nSPS) is 15.8. The summed E-state index contributed by atoms with van der Waals surface area (Å²) in [5.41, 5.74) is 0.911. The van der Waals surface area contributed by atoms with E-state index in [0.29, 0.717) is 10.8 Å². The molecular formula is C9H8ClNOS. The molecule has 2 nitrogen and oxygen atoms in total. The summed E-state index contributed by atoms with van der Waals surface area (Å²) in [6.07, 6.45) is 0. The highest BCUT2D eigenvalue weighted by atomic mass is 35.5. The van der Waals surface area contributed by atoms with Crippen molar-refractivity contribution in [3.63, 3.8) is 0 Å². The first-order valence-electron chi connectivity index (χ1n) is 3.87. The van der Waals surface area contributed by atoms with Gasteiger partial charge in [0.05, 0.1) is 11.4 Å². The third-order valence-electron chi connectivity index (χ3n) is 2.01. The number of benzene rings is 1. The highest BCUT2D eigenvalue weighted by Crippen LogP contribution is 2.35. The Morgan fingerprint density at radius 3 is 3.08 bits per heavy atom. The van der Waals surface area contributed by atoms with E-state index in [1.165, 1.54) is 0 Å². The first kappa shape index (κ1) is 8.91. The molecule has 1 aliphatic heterocycles. The van der Waals surface area contributed by atoms with Gasteiger partial charge in [0, 0.05) is 17.0 Å². The smallest absolute Gasteiger partial charge is 0.237 e. The quantitative estimate of drug-likeness (QED) is 0.660. The maximum absolute atomic E-state index is 11.3. The zero-order valence-electron chi connectivity index (χ0n) is 7.08. The number of rotatable bonds is 0. The zero-order valence-corrected chi connectivity index (χ0v) is 8.65. The van der Waals surface area contributed by atoms with Crippen LogP contribution in [-0.2, 0) is 4.79 Å². The van der Waals surface area contributed by atoms with E-state index < -0.39 is 0 Å². The summed E-state index contributed by atoms with van der Waals surface area (Å²) in [5.74, 6) is 0.644. The molecule has 0 atom stereocenters. The lowest BCUT2D eigenvalue weighted by Crippen LogP contribution is -2.31. The third-order valence-corrected chi connectivity index (χ3v) is 3.29. The Morgan fingerprint density at radius 1 is 1.54 bits per heavy atom. The second-order valence-corrected chi connectivity index (χ2v) is 4.31. The molecule has 1 aliphatic rings. The molecule has 1 amide bonds. The number of hydrogen-bond donors (Lipinski definition) is 0. The van der Waals surface area contributed by atoms with Gasteiger partial charge >= 0.3 is 0 Å². The summed E-state index contributed by atoms with van der Waals surface area (Å²) in [5, 5.41) is 0.668. The van der Waals surface area contributed by atoms with Crippen LogP contribution >= 0.6 is 23.4 Å². The van der Waals surface area contributed by atoms with Crippen molar-refractivity contribution in [1.29, 1.82) is 0 Å². The fraction of sp³-hybridized carbons (Fsp3) is 0.222. The lowest BCUT2D eigenvalue weighted by Gasteiger charge is -2.25. The molecule has 0 bridgehead atoms. The van der Waals surface area contributed by atoms with Gasteiger partial charge in [-0.1, -0.05) is 11.6 Å². The van der Waals surface area contributed by atoms with E-state index in [0.717, 1.165) is 10.6 Å². The van der Waals surface area contributed by atoms with E-state index >= 15 is 0 Å². The van der Waals surface area contributed by atoms with Crippen molar-refractivity contribution in [2.45, 2.75) is 4.90 Å². The number of nitrogens with zero attached hydrogens (tertiary/aromatic N) is 1. The van der Waals surface area contributed by atoms with Crippen LogP contribution in [-0.4, -0.2) is 18.7 Å². The molecule has 1 aromatic carbocycles. The molecule has 4 heteroatoms. The summed E-state index contributed by atoms with van der Waals surface area (Å²) in [4.78, 5) is 14.1. The standard InChI is InChI=1S/C9H8ClNOS/c1-11-7-4-6(10)2-3-8(7)13-5-9(11)12/h2-4H,5H2,1H3. The van der Waals surface area contributed by atoms with E-state index in [1.807, 2.05) is 18.2 Å². The van der Waals surface area contributed by atoms with Crippen LogP contribution in [0.1, 0.15) is 0 Å². The second-order valence-electron chi connectivity index (χ2n) is 2.85. The van der Waals surface area contributed by atoms with Crippen LogP contribution in [0.2, 0.25) is 5.02 Å². The van der Waals surface area contributed by atoms with Gasteiger partial charge in [-0.2, -0.15) is 0 Å². The second kappa shape index (κ2) is 3.24. The molecule has 68 valence electrons. The Kier molecular flexibility index (Phi) is 2.22. The summed E-state index contributed by atoms with van der Waals surface area (Å²) >= 11 is 7.40. The van der Waals surface area contributed by atoms with Crippen LogP contribution in [0.3, 0.4) is 0 Å². The predicted octanol–water partition coefficient (Wildman–Crippen LogP) is 2.41. The van der Waals surface area contributed by atoms with E-state index in [1.54, 1.807) is 23.7 Å². The van der Waals surface area contributed by atoms with Crippen molar-refractivity contribution in [2.75, 3.05) is 17.7 Å². The van der Waals surface area contributed by atoms with E-state index in [-0.39, 0.29) is 5.91 Å². The summed E-state index contributed by atoms with van der Waals surface area (Å²) < 4.78 is 0. The summed E-state index contributed by atoms with van der Waals surface area (Å²) in [6, 6.07) is 5.61. The minimum Gasteiger partial charge on any atom is -0.314 e. The molecule has 0 saturated heterocycles. The molecule has 0 aliphatic carbocycles. The van der Waals surface area contributed by atoms with Crippen LogP contribution in [0.25, 0.3) is 0 Å². The molecule has 0 radical (unpaired) electrons. The van der Waals surface area contributed by atoms with Crippen LogP contribution in [0.5, 0.6) is 0 Å². The lowest BCUT2D eigenvalue weighted by molar-refractivity contribution is -0.116. The Labute approximate surface area is 85.9 Å². The number of carbonyl (C=O) groups excluding carboxylic acids is 1. The van der Waals surface area contributed by atoms with Crippen LogP contribution in [0.4, 0.5) is 5.69 Å². The average molecular weight is 214 g/mol. The fourth-order valence-electron chi connectivity index (χ4n) is 1.25. The molecule has 0 saturated carbocycles. The van der Waals surface area contributed by atoms with Crippen molar-refractivity contribution in [1.82, 2.24) is 0 Å². The molecule has 13 heavy (non-hydrogen) atoms. The fourth-order valence-corrected chi connectivity index (χ4v) is 2.39. The van der Waals surface area contributed by atoms with Crippen molar-refractivity contribution in [3.8, 4) is 0 Å². The number of amides is 1. The first-order chi connectivity index (χ1) is 6.18. The van der Waals surface area contributed by atoms with Crippen LogP contribution < -0.4 is 4.90 Å². The monoisotopic (exact) mass is 213 g/mol. The minimum atomic E-state index is 0.125. The average Bonchev–Trinajstić information content (AvgIpc) is 2.12. The molecule has 0 aromatic heterocycles. The van der Waals surface area contributed by atoms with Gasteiger partial charge in [0.2, 0.25) is 5.91 Å². The summed E-state index contributed by atoms with van der Waals surface area (Å²) in [7, 11) is 1.78. The Morgan fingerprint density at radius 2 is 2.31 bits per heavy atom. The van der Waals surface area contributed by atoms with Crippen molar-refractivity contribution in [2.24, 2.45) is 0 Å². The van der Waals surface area contributed by atoms with Gasteiger partial charge in [-0.15, -0.1) is 11.8 Å². The number of halogens is 1. The van der Waals surface area contributed by atoms with Gasteiger partial charge in [0.15, 0.2) is 0 Å². The molecule has 0 unspecified atom stereocenters. The molecule has 0 spiro atoms. The van der Waals surface area contributed by atoms with Gasteiger partial charge in [0.1, 0.15) is 0 Å². The molecule has 0 fully saturated rings. The lowest BCUT2D eigenvalue weighted by atomic mass is 10.3. The molecular weight excluding hydrogens is 206 g/mol. The number of anilines is 1. The van der Waals surface area contributed by atoms with E-state index in [4.69, 9.17) is 11.6 Å². The highest BCUT2D eigenvalue weighted by Gasteiger charge is 2.20. The third kappa shape index (κ3) is 1.54. The number of thioether (sulfide) groups is 1. The van der Waals surface area contributed by atoms with Gasteiger partial charge < -0.3 is 4.90 Å². The SMILES string of the molecule is CN1C(=O)CSc2ccc(Cl)cc21. The largest absolute Gasteiger partial charge is 0.314 e. The van der Waals surface area contributed by atoms with Gasteiger partial charge in [0.25, 0.3) is 0 Å². The van der Waals surface area contributed by atoms with Gasteiger partial charge in [-0.05, 0) is 18.2 Å². The maximum Gasteiger partial charge on any atom is 0.237 e. The molecule has 1 aromatic rings. The van der Waals surface area contributed by atoms with Crippen molar-refractivity contribution in [3.05, 3.63) is 23.2 Å². The Balaban J connectivity index is 2.51.